The van der Waals surface area contributed by atoms with Crippen LogP contribution in [0, 0.1) is 11.3 Å². The van der Waals surface area contributed by atoms with Crippen LogP contribution >= 0.6 is 0 Å². The predicted molar refractivity (Wildman–Crippen MR) is 64.0 cm³/mol. The maximum absolute atomic E-state index is 8.88. The van der Waals surface area contributed by atoms with Crippen molar-refractivity contribution < 1.29 is 0 Å². The summed E-state index contributed by atoms with van der Waals surface area (Å²) in [6, 6.07) is 10.5. The molecular formula is C13H17N3. The molecule has 1 fully saturated rings. The second-order valence-corrected chi connectivity index (χ2v) is 4.20. The highest BCUT2D eigenvalue weighted by molar-refractivity contribution is 5.34. The zero-order chi connectivity index (χ0) is 11.4. The van der Waals surface area contributed by atoms with Gasteiger partial charge in [-0.05, 0) is 24.6 Å². The maximum Gasteiger partial charge on any atom is 0.0991 e. The first-order valence-electron chi connectivity index (χ1n) is 5.76. The minimum Gasteiger partial charge on any atom is -0.314 e. The fourth-order valence-electron chi connectivity index (χ4n) is 2.15. The maximum atomic E-state index is 8.88. The quantitative estimate of drug-likeness (QED) is 0.813. The van der Waals surface area contributed by atoms with E-state index in [-0.39, 0.29) is 0 Å². The molecule has 1 saturated heterocycles. The highest BCUT2D eigenvalue weighted by atomic mass is 15.2. The van der Waals surface area contributed by atoms with Crippen molar-refractivity contribution in [1.82, 2.24) is 10.2 Å². The zero-order valence-corrected chi connectivity index (χ0v) is 9.61. The van der Waals surface area contributed by atoms with Gasteiger partial charge in [0.1, 0.15) is 0 Å². The van der Waals surface area contributed by atoms with E-state index in [1.54, 1.807) is 0 Å². The lowest BCUT2D eigenvalue weighted by atomic mass is 10.0. The Labute approximate surface area is 96.7 Å². The lowest BCUT2D eigenvalue weighted by Crippen LogP contribution is -2.44. The van der Waals surface area contributed by atoms with E-state index >= 15 is 0 Å². The van der Waals surface area contributed by atoms with E-state index in [1.807, 2.05) is 18.2 Å². The average molecular weight is 215 g/mol. The van der Waals surface area contributed by atoms with E-state index in [9.17, 15) is 0 Å². The molecule has 16 heavy (non-hydrogen) atoms. The molecule has 1 atom stereocenters. The number of piperazine rings is 1. The van der Waals surface area contributed by atoms with E-state index in [2.05, 4.69) is 29.3 Å². The van der Waals surface area contributed by atoms with Crippen LogP contribution < -0.4 is 5.32 Å². The topological polar surface area (TPSA) is 39.1 Å². The van der Waals surface area contributed by atoms with E-state index in [4.69, 9.17) is 5.26 Å². The lowest BCUT2D eigenvalue weighted by Gasteiger charge is -2.33. The van der Waals surface area contributed by atoms with Crippen molar-refractivity contribution in [3.8, 4) is 6.07 Å². The highest BCUT2D eigenvalue weighted by Crippen LogP contribution is 2.20. The van der Waals surface area contributed by atoms with Crippen molar-refractivity contribution >= 4 is 0 Å². The van der Waals surface area contributed by atoms with Crippen LogP contribution in [0.3, 0.4) is 0 Å². The number of nitriles is 1. The molecule has 0 amide bonds. The number of benzene rings is 1. The monoisotopic (exact) mass is 215 g/mol. The van der Waals surface area contributed by atoms with Gasteiger partial charge in [-0.3, -0.25) is 4.90 Å². The van der Waals surface area contributed by atoms with Crippen LogP contribution in [0.4, 0.5) is 0 Å². The fourth-order valence-corrected chi connectivity index (χ4v) is 2.15. The molecule has 0 radical (unpaired) electrons. The van der Waals surface area contributed by atoms with Crippen molar-refractivity contribution in [2.45, 2.75) is 13.0 Å². The van der Waals surface area contributed by atoms with Crippen molar-refractivity contribution in [1.29, 1.82) is 5.26 Å². The fraction of sp³-hybridized carbons (Fsp3) is 0.462. The smallest absolute Gasteiger partial charge is 0.0991 e. The molecular weight excluding hydrogens is 198 g/mol. The molecule has 0 saturated carbocycles. The average Bonchev–Trinajstić information content (AvgIpc) is 2.39. The van der Waals surface area contributed by atoms with Crippen LogP contribution in [-0.4, -0.2) is 31.1 Å². The molecule has 1 aromatic carbocycles. The first kappa shape index (κ1) is 11.1. The van der Waals surface area contributed by atoms with Crippen LogP contribution in [0.1, 0.15) is 24.1 Å². The summed E-state index contributed by atoms with van der Waals surface area (Å²) in [5, 5.41) is 12.2. The number of nitrogens with one attached hydrogen (secondary N) is 1. The van der Waals surface area contributed by atoms with Gasteiger partial charge in [-0.2, -0.15) is 5.26 Å². The molecule has 3 nitrogen and oxygen atoms in total. The van der Waals surface area contributed by atoms with Crippen LogP contribution in [0.2, 0.25) is 0 Å². The largest absolute Gasteiger partial charge is 0.314 e. The van der Waals surface area contributed by atoms with Crippen LogP contribution in [0.25, 0.3) is 0 Å². The van der Waals surface area contributed by atoms with Crippen molar-refractivity contribution in [2.75, 3.05) is 26.2 Å². The Hall–Kier alpha value is -1.37. The molecule has 0 aliphatic carbocycles. The SMILES string of the molecule is CC(c1cccc(C#N)c1)N1CCNCC1. The van der Waals surface area contributed by atoms with Crippen molar-refractivity contribution in [3.63, 3.8) is 0 Å². The number of nitrogens with zero attached hydrogens (tertiary/aromatic N) is 2. The summed E-state index contributed by atoms with van der Waals surface area (Å²) < 4.78 is 0. The Morgan fingerprint density at radius 1 is 1.38 bits per heavy atom. The summed E-state index contributed by atoms with van der Waals surface area (Å²) in [4.78, 5) is 2.45. The molecule has 3 heteroatoms. The molecule has 0 spiro atoms. The van der Waals surface area contributed by atoms with Gasteiger partial charge in [0, 0.05) is 32.2 Å². The Morgan fingerprint density at radius 2 is 2.12 bits per heavy atom. The molecule has 2 rings (SSSR count). The third-order valence-electron chi connectivity index (χ3n) is 3.20. The van der Waals surface area contributed by atoms with E-state index in [0.717, 1.165) is 31.7 Å². The van der Waals surface area contributed by atoms with Crippen molar-refractivity contribution in [3.05, 3.63) is 35.4 Å². The highest BCUT2D eigenvalue weighted by Gasteiger charge is 2.17. The second kappa shape index (κ2) is 5.11. The first-order chi connectivity index (χ1) is 7.81. The molecule has 1 unspecified atom stereocenters. The lowest BCUT2D eigenvalue weighted by molar-refractivity contribution is 0.185. The minimum atomic E-state index is 0.399. The Kier molecular flexibility index (Phi) is 3.55. The third kappa shape index (κ3) is 2.41. The number of hydrogen-bond acceptors (Lipinski definition) is 3. The van der Waals surface area contributed by atoms with E-state index in [1.165, 1.54) is 5.56 Å². The molecule has 1 aliphatic rings. The Balaban J connectivity index is 2.13. The summed E-state index contributed by atoms with van der Waals surface area (Å²) in [5.41, 5.74) is 1.99. The van der Waals surface area contributed by atoms with Crippen LogP contribution in [0.15, 0.2) is 24.3 Å². The van der Waals surface area contributed by atoms with E-state index < -0.39 is 0 Å². The summed E-state index contributed by atoms with van der Waals surface area (Å²) in [6.07, 6.45) is 0. The molecule has 1 aliphatic heterocycles. The minimum absolute atomic E-state index is 0.399. The molecule has 84 valence electrons. The van der Waals surface area contributed by atoms with Crippen LogP contribution in [-0.2, 0) is 0 Å². The standard InChI is InChI=1S/C13H17N3/c1-11(16-7-5-15-6-8-16)13-4-2-3-12(9-13)10-14/h2-4,9,11,15H,5-8H2,1H3. The summed E-state index contributed by atoms with van der Waals surface area (Å²) in [6.45, 7) is 6.49. The third-order valence-corrected chi connectivity index (χ3v) is 3.20. The van der Waals surface area contributed by atoms with Gasteiger partial charge in [0.25, 0.3) is 0 Å². The summed E-state index contributed by atoms with van der Waals surface area (Å²) in [5.74, 6) is 0. The van der Waals surface area contributed by atoms with Gasteiger partial charge in [0.05, 0.1) is 11.6 Å². The van der Waals surface area contributed by atoms with Gasteiger partial charge in [-0.1, -0.05) is 12.1 Å². The summed E-state index contributed by atoms with van der Waals surface area (Å²) >= 11 is 0. The van der Waals surface area contributed by atoms with Gasteiger partial charge >= 0.3 is 0 Å². The van der Waals surface area contributed by atoms with Crippen LogP contribution in [0.5, 0.6) is 0 Å². The van der Waals surface area contributed by atoms with Gasteiger partial charge in [0.15, 0.2) is 0 Å². The summed E-state index contributed by atoms with van der Waals surface area (Å²) in [7, 11) is 0. The number of rotatable bonds is 2. The molecule has 0 bridgehead atoms. The first-order valence-corrected chi connectivity index (χ1v) is 5.76. The Morgan fingerprint density at radius 3 is 2.81 bits per heavy atom. The van der Waals surface area contributed by atoms with Crippen molar-refractivity contribution in [2.24, 2.45) is 0 Å². The van der Waals surface area contributed by atoms with Gasteiger partial charge < -0.3 is 5.32 Å². The molecule has 0 aromatic heterocycles. The van der Waals surface area contributed by atoms with E-state index in [0.29, 0.717) is 6.04 Å². The van der Waals surface area contributed by atoms with Gasteiger partial charge in [-0.15, -0.1) is 0 Å². The molecule has 1 aromatic rings. The Bertz CT molecular complexity index is 388. The zero-order valence-electron chi connectivity index (χ0n) is 9.61. The predicted octanol–water partition coefficient (Wildman–Crippen LogP) is 1.52. The molecule has 1 heterocycles. The van der Waals surface area contributed by atoms with Gasteiger partial charge in [-0.25, -0.2) is 0 Å². The normalized spacial score (nSPS) is 19.0. The second-order valence-electron chi connectivity index (χ2n) is 4.20. The van der Waals surface area contributed by atoms with Gasteiger partial charge in [0.2, 0.25) is 0 Å². The molecule has 1 N–H and O–H groups in total. The number of hydrogen-bond donors (Lipinski definition) is 1.